The van der Waals surface area contributed by atoms with Gasteiger partial charge < -0.3 is 4.43 Å². The molecule has 0 spiro atoms. The second kappa shape index (κ2) is 8.40. The number of aldehydes is 1. The molecule has 2 nitrogen and oxygen atoms in total. The molecule has 0 heterocycles. The lowest BCUT2D eigenvalue weighted by Crippen LogP contribution is -2.44. The van der Waals surface area contributed by atoms with E-state index >= 15 is 0 Å². The van der Waals surface area contributed by atoms with E-state index in [9.17, 15) is 4.79 Å². The number of carbonyl (C=O) groups is 1. The van der Waals surface area contributed by atoms with Crippen LogP contribution < -0.4 is 4.43 Å². The van der Waals surface area contributed by atoms with Crippen LogP contribution in [0.25, 0.3) is 38.7 Å². The van der Waals surface area contributed by atoms with Crippen molar-refractivity contribution in [3.8, 4) is 16.9 Å². The van der Waals surface area contributed by atoms with Gasteiger partial charge in [0, 0.05) is 10.9 Å². The predicted molar refractivity (Wildman–Crippen MR) is 140 cm³/mol. The van der Waals surface area contributed by atoms with Gasteiger partial charge in [0.2, 0.25) is 0 Å². The quantitative estimate of drug-likeness (QED) is 0.178. The molecular weight excluding hydrogens is 408 g/mol. The van der Waals surface area contributed by atoms with Gasteiger partial charge in [-0.25, -0.2) is 0 Å². The van der Waals surface area contributed by atoms with Crippen LogP contribution in [0.2, 0.25) is 18.1 Å². The molecule has 3 heteroatoms. The molecule has 32 heavy (non-hydrogen) atoms. The van der Waals surface area contributed by atoms with E-state index < -0.39 is 8.32 Å². The molecule has 0 amide bonds. The number of rotatable bonds is 5. The minimum atomic E-state index is -2.13. The van der Waals surface area contributed by atoms with Crippen molar-refractivity contribution in [2.45, 2.75) is 38.9 Å². The van der Waals surface area contributed by atoms with Crippen LogP contribution in [0.15, 0.2) is 78.9 Å². The standard InChI is InChI=1S/C29H30O2Si/c1-29(2,3)32(4,5)31-28-24-16-9-7-13-22(24)20-27(26(28)18-11-19-30)25-17-10-14-21-12-6-8-15-23(21)25/h6-20H,1-5H3/b18-11-. The Hall–Kier alpha value is -3.17. The number of hydrogen-bond donors (Lipinski definition) is 0. The first kappa shape index (κ1) is 22.0. The molecule has 4 aromatic rings. The monoisotopic (exact) mass is 438 g/mol. The zero-order chi connectivity index (χ0) is 22.9. The Bertz CT molecular complexity index is 1320. The maximum Gasteiger partial charge on any atom is 0.250 e. The average Bonchev–Trinajstić information content (AvgIpc) is 2.77. The van der Waals surface area contributed by atoms with Crippen molar-refractivity contribution in [2.24, 2.45) is 0 Å². The average molecular weight is 439 g/mol. The zero-order valence-corrected chi connectivity index (χ0v) is 20.5. The highest BCUT2D eigenvalue weighted by Gasteiger charge is 2.40. The summed E-state index contributed by atoms with van der Waals surface area (Å²) in [5.41, 5.74) is 3.17. The van der Waals surface area contributed by atoms with Crippen LogP contribution in [0.4, 0.5) is 0 Å². The summed E-state index contributed by atoms with van der Waals surface area (Å²) in [5, 5.41) is 4.63. The molecule has 0 unspecified atom stereocenters. The van der Waals surface area contributed by atoms with Gasteiger partial charge in [0.25, 0.3) is 8.32 Å². The Labute approximate surface area is 191 Å². The third kappa shape index (κ3) is 4.01. The Kier molecular flexibility index (Phi) is 5.78. The maximum atomic E-state index is 11.3. The van der Waals surface area contributed by atoms with Gasteiger partial charge in [-0.15, -0.1) is 0 Å². The molecule has 0 aromatic heterocycles. The fourth-order valence-electron chi connectivity index (χ4n) is 3.83. The first-order chi connectivity index (χ1) is 15.2. The van der Waals surface area contributed by atoms with Gasteiger partial charge in [-0.2, -0.15) is 0 Å². The van der Waals surface area contributed by atoms with Crippen molar-refractivity contribution in [1.29, 1.82) is 0 Å². The van der Waals surface area contributed by atoms with E-state index in [1.54, 1.807) is 6.08 Å². The lowest BCUT2D eigenvalue weighted by molar-refractivity contribution is -0.104. The topological polar surface area (TPSA) is 26.3 Å². The van der Waals surface area contributed by atoms with Crippen LogP contribution in [0.1, 0.15) is 26.3 Å². The molecule has 0 saturated heterocycles. The van der Waals surface area contributed by atoms with Gasteiger partial charge in [-0.1, -0.05) is 87.5 Å². The molecule has 0 fully saturated rings. The minimum absolute atomic E-state index is 0.0508. The second-order valence-corrected chi connectivity index (χ2v) is 14.5. The van der Waals surface area contributed by atoms with Crippen LogP contribution >= 0.6 is 0 Å². The van der Waals surface area contributed by atoms with Gasteiger partial charge in [0.15, 0.2) is 0 Å². The van der Waals surface area contributed by atoms with E-state index in [1.807, 2.05) is 12.1 Å². The van der Waals surface area contributed by atoms with Gasteiger partial charge in [0.05, 0.1) is 0 Å². The minimum Gasteiger partial charge on any atom is -0.543 e. The van der Waals surface area contributed by atoms with E-state index in [1.165, 1.54) is 10.8 Å². The van der Waals surface area contributed by atoms with Crippen LogP contribution in [0.5, 0.6) is 5.75 Å². The normalized spacial score (nSPS) is 12.5. The predicted octanol–water partition coefficient (Wildman–Crippen LogP) is 8.26. The molecule has 0 radical (unpaired) electrons. The summed E-state index contributed by atoms with van der Waals surface area (Å²) in [6.45, 7) is 11.3. The lowest BCUT2D eigenvalue weighted by Gasteiger charge is -2.37. The SMILES string of the molecule is CC(C)(C)[Si](C)(C)Oc1c(/C=C\C=O)c(-c2cccc3ccccc23)cc2ccccc12. The van der Waals surface area contributed by atoms with Crippen LogP contribution in [0.3, 0.4) is 0 Å². The van der Waals surface area contributed by atoms with Crippen molar-refractivity contribution < 1.29 is 9.22 Å². The first-order valence-corrected chi connectivity index (χ1v) is 14.0. The highest BCUT2D eigenvalue weighted by atomic mass is 28.4. The van der Waals surface area contributed by atoms with Crippen LogP contribution in [-0.2, 0) is 4.79 Å². The maximum absolute atomic E-state index is 11.3. The smallest absolute Gasteiger partial charge is 0.250 e. The summed E-state index contributed by atoms with van der Waals surface area (Å²) in [4.78, 5) is 11.3. The molecule has 4 rings (SSSR count). The highest BCUT2D eigenvalue weighted by Crippen LogP contribution is 2.45. The van der Waals surface area contributed by atoms with Crippen LogP contribution in [0, 0.1) is 0 Å². The van der Waals surface area contributed by atoms with E-state index in [-0.39, 0.29) is 5.04 Å². The van der Waals surface area contributed by atoms with Crippen molar-refractivity contribution >= 4 is 42.2 Å². The molecule has 4 aromatic carbocycles. The van der Waals surface area contributed by atoms with Gasteiger partial charge in [0.1, 0.15) is 12.0 Å². The molecular formula is C29H30O2Si. The van der Waals surface area contributed by atoms with Crippen molar-refractivity contribution in [2.75, 3.05) is 0 Å². The first-order valence-electron chi connectivity index (χ1n) is 11.1. The number of hydrogen-bond acceptors (Lipinski definition) is 2. The molecule has 0 atom stereocenters. The third-order valence-electron chi connectivity index (χ3n) is 6.62. The van der Waals surface area contributed by atoms with E-state index in [4.69, 9.17) is 4.43 Å². The van der Waals surface area contributed by atoms with Gasteiger partial charge >= 0.3 is 0 Å². The van der Waals surface area contributed by atoms with E-state index in [0.29, 0.717) is 0 Å². The van der Waals surface area contributed by atoms with Gasteiger partial charge in [-0.05, 0) is 63.6 Å². The van der Waals surface area contributed by atoms with E-state index in [0.717, 1.165) is 39.5 Å². The fourth-order valence-corrected chi connectivity index (χ4v) is 4.87. The summed E-state index contributed by atoms with van der Waals surface area (Å²) in [7, 11) is -2.13. The molecule has 0 N–H and O–H groups in total. The molecule has 0 aliphatic rings. The number of carbonyl (C=O) groups excluding carboxylic acids is 1. The summed E-state index contributed by atoms with van der Waals surface area (Å²) in [5.74, 6) is 0.871. The lowest BCUT2D eigenvalue weighted by atomic mass is 9.91. The van der Waals surface area contributed by atoms with Crippen LogP contribution in [-0.4, -0.2) is 14.6 Å². The Morgan fingerprint density at radius 2 is 1.41 bits per heavy atom. The molecule has 0 saturated carbocycles. The third-order valence-corrected chi connectivity index (χ3v) is 11.0. The Morgan fingerprint density at radius 1 is 0.781 bits per heavy atom. The fraction of sp³-hybridized carbons (Fsp3) is 0.207. The number of fused-ring (bicyclic) bond motifs is 2. The summed E-state index contributed by atoms with van der Waals surface area (Å²) < 4.78 is 6.95. The molecule has 0 aliphatic carbocycles. The van der Waals surface area contributed by atoms with Gasteiger partial charge in [-0.3, -0.25) is 4.79 Å². The zero-order valence-electron chi connectivity index (χ0n) is 19.5. The Morgan fingerprint density at radius 3 is 2.09 bits per heavy atom. The molecule has 0 aliphatic heterocycles. The number of allylic oxidation sites excluding steroid dienone is 1. The van der Waals surface area contributed by atoms with Crippen molar-refractivity contribution in [3.63, 3.8) is 0 Å². The summed E-state index contributed by atoms with van der Waals surface area (Å²) >= 11 is 0. The number of benzene rings is 4. The summed E-state index contributed by atoms with van der Waals surface area (Å²) in [6, 6.07) is 25.4. The highest BCUT2D eigenvalue weighted by molar-refractivity contribution is 6.74. The molecule has 162 valence electrons. The Balaban J connectivity index is 2.10. The largest absolute Gasteiger partial charge is 0.543 e. The van der Waals surface area contributed by atoms with Crippen molar-refractivity contribution in [3.05, 3.63) is 84.4 Å². The molecule has 0 bridgehead atoms. The summed E-state index contributed by atoms with van der Waals surface area (Å²) in [6.07, 6.45) is 4.30. The van der Waals surface area contributed by atoms with E-state index in [2.05, 4.69) is 101 Å². The second-order valence-electron chi connectivity index (χ2n) is 9.77. The van der Waals surface area contributed by atoms with Crippen molar-refractivity contribution in [1.82, 2.24) is 0 Å².